The van der Waals surface area contributed by atoms with E-state index in [9.17, 15) is 8.42 Å². The fourth-order valence-electron chi connectivity index (χ4n) is 3.67. The monoisotopic (exact) mass is 414 g/mol. The third-order valence-electron chi connectivity index (χ3n) is 5.06. The molecule has 29 heavy (non-hydrogen) atoms. The predicted molar refractivity (Wildman–Crippen MR) is 108 cm³/mol. The average molecular weight is 414 g/mol. The maximum atomic E-state index is 11.8. The van der Waals surface area contributed by atoms with E-state index in [0.29, 0.717) is 12.0 Å². The van der Waals surface area contributed by atoms with Gasteiger partial charge in [-0.25, -0.2) is 18.4 Å². The van der Waals surface area contributed by atoms with Gasteiger partial charge in [0, 0.05) is 49.6 Å². The topological polar surface area (TPSA) is 128 Å². The molecular formula is C19H22N6O3S. The second-order valence-electron chi connectivity index (χ2n) is 7.24. The van der Waals surface area contributed by atoms with Gasteiger partial charge in [0.05, 0.1) is 23.5 Å². The van der Waals surface area contributed by atoms with Crippen LogP contribution < -0.4 is 5.32 Å². The Kier molecular flexibility index (Phi) is 5.25. The number of aromatic nitrogens is 3. The standard InChI is InChI=1S/C19H22N6O3S/c1-29(26,27)16-11-23-19(28-16)15-10-22-18-14(5-7-21-18)17(15)24-13-4-2-8-25(12-13)9-3-6-20/h5,7,10-11,13H,2-4,8-9,12H2,1H3,(H2,21,22,24)/t13-/m1/s1. The van der Waals surface area contributed by atoms with E-state index in [2.05, 4.69) is 31.2 Å². The number of H-pyrrole nitrogens is 1. The highest BCUT2D eigenvalue weighted by molar-refractivity contribution is 7.90. The van der Waals surface area contributed by atoms with Gasteiger partial charge in [-0.1, -0.05) is 0 Å². The minimum Gasteiger partial charge on any atom is -0.425 e. The molecule has 0 spiro atoms. The summed E-state index contributed by atoms with van der Waals surface area (Å²) in [6, 6.07) is 4.31. The molecule has 10 heteroatoms. The fraction of sp³-hybridized carbons (Fsp3) is 0.421. The molecule has 0 aromatic carbocycles. The zero-order valence-electron chi connectivity index (χ0n) is 16.1. The summed E-state index contributed by atoms with van der Waals surface area (Å²) in [7, 11) is -3.49. The summed E-state index contributed by atoms with van der Waals surface area (Å²) in [4.78, 5) is 14.0. The summed E-state index contributed by atoms with van der Waals surface area (Å²) in [5.74, 6) is 0.209. The van der Waals surface area contributed by atoms with E-state index in [1.807, 2.05) is 12.3 Å². The van der Waals surface area contributed by atoms with Crippen LogP contribution in [-0.2, 0) is 9.84 Å². The van der Waals surface area contributed by atoms with E-state index in [1.165, 1.54) is 6.20 Å². The third-order valence-corrected chi connectivity index (χ3v) is 5.98. The number of aromatic amines is 1. The third kappa shape index (κ3) is 4.11. The molecule has 1 saturated heterocycles. The van der Waals surface area contributed by atoms with Gasteiger partial charge in [0.2, 0.25) is 20.8 Å². The molecule has 4 heterocycles. The molecule has 2 N–H and O–H groups in total. The summed E-state index contributed by atoms with van der Waals surface area (Å²) >= 11 is 0. The van der Waals surface area contributed by atoms with Gasteiger partial charge in [-0.15, -0.1) is 0 Å². The number of pyridine rings is 1. The first-order chi connectivity index (χ1) is 14.0. The molecule has 0 aliphatic carbocycles. The van der Waals surface area contributed by atoms with Crippen LogP contribution >= 0.6 is 0 Å². The number of nitrogens with zero attached hydrogens (tertiary/aromatic N) is 4. The number of likely N-dealkylation sites (tertiary alicyclic amines) is 1. The minimum atomic E-state index is -3.49. The molecule has 0 saturated carbocycles. The van der Waals surface area contributed by atoms with Gasteiger partial charge in [-0.2, -0.15) is 5.26 Å². The van der Waals surface area contributed by atoms with Gasteiger partial charge >= 0.3 is 0 Å². The van der Waals surface area contributed by atoms with Crippen molar-refractivity contribution < 1.29 is 12.8 Å². The first-order valence-corrected chi connectivity index (χ1v) is 11.3. The fourth-order valence-corrected chi connectivity index (χ4v) is 4.14. The normalized spacial score (nSPS) is 18.0. The van der Waals surface area contributed by atoms with Crippen LogP contribution in [0.3, 0.4) is 0 Å². The smallest absolute Gasteiger partial charge is 0.238 e. The maximum Gasteiger partial charge on any atom is 0.238 e. The number of sulfone groups is 1. The Morgan fingerprint density at radius 2 is 2.28 bits per heavy atom. The lowest BCUT2D eigenvalue weighted by atomic mass is 10.0. The summed E-state index contributed by atoms with van der Waals surface area (Å²) in [6.07, 6.45) is 8.30. The van der Waals surface area contributed by atoms with Crippen LogP contribution in [-0.4, -0.2) is 60.2 Å². The number of rotatable bonds is 6. The Morgan fingerprint density at radius 1 is 1.41 bits per heavy atom. The summed E-state index contributed by atoms with van der Waals surface area (Å²) in [5, 5.41) is 13.2. The van der Waals surface area contributed by atoms with Gasteiger partial charge in [0.1, 0.15) is 5.65 Å². The molecule has 152 valence electrons. The van der Waals surface area contributed by atoms with Crippen molar-refractivity contribution in [3.8, 4) is 17.5 Å². The van der Waals surface area contributed by atoms with E-state index >= 15 is 0 Å². The van der Waals surface area contributed by atoms with Crippen molar-refractivity contribution in [3.63, 3.8) is 0 Å². The first-order valence-electron chi connectivity index (χ1n) is 9.44. The summed E-state index contributed by atoms with van der Waals surface area (Å²) < 4.78 is 29.1. The second-order valence-corrected chi connectivity index (χ2v) is 9.18. The zero-order valence-corrected chi connectivity index (χ0v) is 16.9. The Bertz CT molecular complexity index is 1160. The highest BCUT2D eigenvalue weighted by Crippen LogP contribution is 2.35. The van der Waals surface area contributed by atoms with Crippen molar-refractivity contribution in [2.24, 2.45) is 0 Å². The van der Waals surface area contributed by atoms with E-state index in [1.54, 1.807) is 6.20 Å². The Labute approximate surface area is 168 Å². The molecule has 1 atom stereocenters. The SMILES string of the molecule is CS(=O)(=O)c1cnc(-c2cnc3[nH]ccc3c2N[C@@H]2CCCN(CCC#N)C2)o1. The maximum absolute atomic E-state index is 11.8. The van der Waals surface area contributed by atoms with Gasteiger partial charge < -0.3 is 19.6 Å². The van der Waals surface area contributed by atoms with Gasteiger partial charge in [-0.05, 0) is 25.5 Å². The number of anilines is 1. The lowest BCUT2D eigenvalue weighted by Crippen LogP contribution is -2.42. The van der Waals surface area contributed by atoms with Crippen molar-refractivity contribution >= 4 is 26.6 Å². The molecule has 0 radical (unpaired) electrons. The molecule has 9 nitrogen and oxygen atoms in total. The average Bonchev–Trinajstić information content (AvgIpc) is 3.36. The number of hydrogen-bond acceptors (Lipinski definition) is 8. The lowest BCUT2D eigenvalue weighted by molar-refractivity contribution is 0.221. The van der Waals surface area contributed by atoms with Crippen molar-refractivity contribution in [1.82, 2.24) is 19.9 Å². The zero-order chi connectivity index (χ0) is 20.4. The number of fused-ring (bicyclic) bond motifs is 1. The van der Waals surface area contributed by atoms with Crippen LogP contribution in [0.2, 0.25) is 0 Å². The lowest BCUT2D eigenvalue weighted by Gasteiger charge is -2.33. The highest BCUT2D eigenvalue weighted by atomic mass is 32.2. The molecule has 1 aliphatic heterocycles. The van der Waals surface area contributed by atoms with Crippen LogP contribution in [0.5, 0.6) is 0 Å². The molecular weight excluding hydrogens is 392 g/mol. The van der Waals surface area contributed by atoms with Crippen LogP contribution in [0, 0.1) is 11.3 Å². The number of piperidine rings is 1. The molecule has 3 aromatic rings. The molecule has 4 rings (SSSR count). The number of hydrogen-bond donors (Lipinski definition) is 2. The van der Waals surface area contributed by atoms with Crippen molar-refractivity contribution in [2.45, 2.75) is 30.4 Å². The Morgan fingerprint density at radius 3 is 3.03 bits per heavy atom. The first kappa shape index (κ1) is 19.4. The predicted octanol–water partition coefficient (Wildman–Crippen LogP) is 2.41. The van der Waals surface area contributed by atoms with Crippen molar-refractivity contribution in [1.29, 1.82) is 5.26 Å². The van der Waals surface area contributed by atoms with E-state index in [-0.39, 0.29) is 17.0 Å². The highest BCUT2D eigenvalue weighted by Gasteiger charge is 2.24. The molecule has 0 amide bonds. The minimum absolute atomic E-state index is 0.173. The van der Waals surface area contributed by atoms with E-state index in [4.69, 9.17) is 9.68 Å². The van der Waals surface area contributed by atoms with Gasteiger partial charge in [-0.3, -0.25) is 0 Å². The number of nitrogens with one attached hydrogen (secondary N) is 2. The molecule has 1 fully saturated rings. The van der Waals surface area contributed by atoms with Crippen molar-refractivity contribution in [2.75, 3.05) is 31.2 Å². The molecule has 3 aromatic heterocycles. The number of nitriles is 1. The van der Waals surface area contributed by atoms with Gasteiger partial charge in [0.15, 0.2) is 0 Å². The largest absolute Gasteiger partial charge is 0.425 e. The molecule has 0 unspecified atom stereocenters. The van der Waals surface area contributed by atoms with E-state index < -0.39 is 9.84 Å². The molecule has 0 bridgehead atoms. The number of oxazole rings is 1. The van der Waals surface area contributed by atoms with E-state index in [0.717, 1.165) is 55.5 Å². The Hall–Kier alpha value is -2.90. The van der Waals surface area contributed by atoms with Crippen molar-refractivity contribution in [3.05, 3.63) is 24.7 Å². The second kappa shape index (κ2) is 7.85. The summed E-state index contributed by atoms with van der Waals surface area (Å²) in [6.45, 7) is 2.57. The molecule has 1 aliphatic rings. The van der Waals surface area contributed by atoms with Crippen LogP contribution in [0.25, 0.3) is 22.5 Å². The van der Waals surface area contributed by atoms with Crippen LogP contribution in [0.15, 0.2) is 34.2 Å². The van der Waals surface area contributed by atoms with Crippen LogP contribution in [0.4, 0.5) is 5.69 Å². The summed E-state index contributed by atoms with van der Waals surface area (Å²) in [5.41, 5.74) is 2.15. The Balaban J connectivity index is 1.68. The van der Waals surface area contributed by atoms with Crippen LogP contribution in [0.1, 0.15) is 19.3 Å². The quantitative estimate of drug-likeness (QED) is 0.629. The van der Waals surface area contributed by atoms with Gasteiger partial charge in [0.25, 0.3) is 0 Å².